The van der Waals surface area contributed by atoms with Gasteiger partial charge < -0.3 is 9.13 Å². The minimum absolute atomic E-state index is 0.922. The average molecular weight is 764 g/mol. The fourth-order valence-corrected chi connectivity index (χ4v) is 9.32. The smallest absolute Gasteiger partial charge is 0.0716 e. The van der Waals surface area contributed by atoms with Gasteiger partial charge in [-0.05, 0) is 93.7 Å². The van der Waals surface area contributed by atoms with E-state index in [4.69, 9.17) is 4.98 Å². The highest BCUT2D eigenvalue weighted by molar-refractivity contribution is 6.10. The zero-order chi connectivity index (χ0) is 39.6. The maximum absolute atomic E-state index is 5.44. The monoisotopic (exact) mass is 763 g/mol. The fourth-order valence-electron chi connectivity index (χ4n) is 9.32. The maximum Gasteiger partial charge on any atom is 0.0716 e. The van der Waals surface area contributed by atoms with E-state index in [1.807, 2.05) is 0 Å². The highest BCUT2D eigenvalue weighted by Crippen LogP contribution is 2.38. The third-order valence-corrected chi connectivity index (χ3v) is 12.1. The summed E-state index contributed by atoms with van der Waals surface area (Å²) in [6.45, 7) is 0. The fraction of sp³-hybridized carbons (Fsp3) is 0. The molecule has 0 spiro atoms. The van der Waals surface area contributed by atoms with Crippen molar-refractivity contribution in [1.29, 1.82) is 0 Å². The lowest BCUT2D eigenvalue weighted by Crippen LogP contribution is -1.96. The Kier molecular flexibility index (Phi) is 7.85. The van der Waals surface area contributed by atoms with Crippen LogP contribution in [0.3, 0.4) is 0 Å². The Morgan fingerprint density at radius 2 is 0.683 bits per heavy atom. The summed E-state index contributed by atoms with van der Waals surface area (Å²) in [5.74, 6) is 0. The Balaban J connectivity index is 1.03. The summed E-state index contributed by atoms with van der Waals surface area (Å²) in [4.78, 5) is 5.44. The Morgan fingerprint density at radius 3 is 1.25 bits per heavy atom. The van der Waals surface area contributed by atoms with Gasteiger partial charge in [0.1, 0.15) is 0 Å². The van der Waals surface area contributed by atoms with Crippen molar-refractivity contribution < 1.29 is 0 Å². The first-order valence-corrected chi connectivity index (χ1v) is 20.5. The summed E-state index contributed by atoms with van der Waals surface area (Å²) in [5, 5.41) is 7.49. The molecular weight excluding hydrogens is 727 g/mol. The first-order valence-electron chi connectivity index (χ1n) is 20.5. The number of nitrogens with zero attached hydrogens (tertiary/aromatic N) is 3. The zero-order valence-electron chi connectivity index (χ0n) is 32.7. The minimum Gasteiger partial charge on any atom is -0.309 e. The molecule has 0 saturated carbocycles. The molecule has 280 valence electrons. The van der Waals surface area contributed by atoms with Crippen LogP contribution in [0.5, 0.6) is 0 Å². The highest BCUT2D eigenvalue weighted by Gasteiger charge is 2.16. The molecule has 0 aliphatic rings. The van der Waals surface area contributed by atoms with E-state index in [1.54, 1.807) is 0 Å². The van der Waals surface area contributed by atoms with Crippen molar-refractivity contribution in [2.75, 3.05) is 0 Å². The Labute approximate surface area is 347 Å². The Hall–Kier alpha value is -8.01. The number of aromatic nitrogens is 3. The first kappa shape index (κ1) is 34.1. The quantitative estimate of drug-likeness (QED) is 0.165. The molecule has 12 aromatic rings. The van der Waals surface area contributed by atoms with E-state index in [2.05, 4.69) is 234 Å². The van der Waals surface area contributed by atoms with Gasteiger partial charge in [0.15, 0.2) is 0 Å². The number of fused-ring (bicyclic) bond motifs is 7. The number of benzene rings is 9. The molecule has 0 amide bonds. The molecule has 0 fully saturated rings. The van der Waals surface area contributed by atoms with Crippen molar-refractivity contribution in [2.45, 2.75) is 0 Å². The molecule has 0 bridgehead atoms. The summed E-state index contributed by atoms with van der Waals surface area (Å²) in [5.41, 5.74) is 15.6. The van der Waals surface area contributed by atoms with Crippen LogP contribution in [0.25, 0.3) is 111 Å². The van der Waals surface area contributed by atoms with Crippen molar-refractivity contribution >= 4 is 54.4 Å². The van der Waals surface area contributed by atoms with Gasteiger partial charge in [0.25, 0.3) is 0 Å². The summed E-state index contributed by atoms with van der Waals surface area (Å²) in [7, 11) is 0. The van der Waals surface area contributed by atoms with Crippen molar-refractivity contribution in [1.82, 2.24) is 14.1 Å². The van der Waals surface area contributed by atoms with Crippen LogP contribution < -0.4 is 0 Å². The standard InChI is InChI=1S/C57H37N3/c1-2-20-46-38(14-1)15-13-25-47(46)39-30-32-40(33-31-39)52-36-43(41-16-11-18-44(34-41)59-54-26-7-3-21-48(54)49-22-4-8-27-55(49)59)37-53(58-52)42-17-12-19-45(35-42)60-56-28-9-5-23-50(56)51-24-6-10-29-57(51)60/h1-37H. The molecule has 0 unspecified atom stereocenters. The summed E-state index contributed by atoms with van der Waals surface area (Å²) in [6.07, 6.45) is 0. The maximum atomic E-state index is 5.44. The van der Waals surface area contributed by atoms with E-state index in [9.17, 15) is 0 Å². The largest absolute Gasteiger partial charge is 0.309 e. The van der Waals surface area contributed by atoms with Crippen LogP contribution in [0.2, 0.25) is 0 Å². The molecule has 9 aromatic carbocycles. The molecule has 0 aliphatic carbocycles. The molecule has 3 heteroatoms. The molecule has 3 aromatic heterocycles. The lowest BCUT2D eigenvalue weighted by molar-refractivity contribution is 1.18. The predicted molar refractivity (Wildman–Crippen MR) is 252 cm³/mol. The molecule has 3 heterocycles. The van der Waals surface area contributed by atoms with E-state index >= 15 is 0 Å². The minimum atomic E-state index is 0.922. The van der Waals surface area contributed by atoms with E-state index in [0.29, 0.717) is 0 Å². The molecule has 0 atom stereocenters. The van der Waals surface area contributed by atoms with Gasteiger partial charge in [-0.15, -0.1) is 0 Å². The van der Waals surface area contributed by atoms with Gasteiger partial charge in [-0.3, -0.25) is 0 Å². The normalized spacial score (nSPS) is 11.7. The van der Waals surface area contributed by atoms with Gasteiger partial charge in [0, 0.05) is 44.0 Å². The molecule has 12 rings (SSSR count). The van der Waals surface area contributed by atoms with E-state index in [0.717, 1.165) is 45.0 Å². The summed E-state index contributed by atoms with van der Waals surface area (Å²) in [6, 6.07) is 81.0. The lowest BCUT2D eigenvalue weighted by Gasteiger charge is -2.14. The van der Waals surface area contributed by atoms with Crippen LogP contribution in [0.15, 0.2) is 224 Å². The number of rotatable bonds is 6. The Bertz CT molecular complexity index is 3320. The van der Waals surface area contributed by atoms with Gasteiger partial charge in [0.05, 0.1) is 33.5 Å². The molecule has 0 radical (unpaired) electrons. The van der Waals surface area contributed by atoms with Crippen LogP contribution >= 0.6 is 0 Å². The van der Waals surface area contributed by atoms with E-state index in [-0.39, 0.29) is 0 Å². The molecular formula is C57H37N3. The first-order chi connectivity index (χ1) is 29.7. The Morgan fingerprint density at radius 1 is 0.267 bits per heavy atom. The predicted octanol–water partition coefficient (Wildman–Crippen LogP) is 15.1. The van der Waals surface area contributed by atoms with Gasteiger partial charge in [-0.1, -0.05) is 164 Å². The number of para-hydroxylation sites is 4. The second-order valence-electron chi connectivity index (χ2n) is 15.6. The zero-order valence-corrected chi connectivity index (χ0v) is 32.7. The average Bonchev–Trinajstić information content (AvgIpc) is 3.85. The second-order valence-corrected chi connectivity index (χ2v) is 15.6. The number of pyridine rings is 1. The molecule has 0 N–H and O–H groups in total. The molecule has 0 aliphatic heterocycles. The number of hydrogen-bond acceptors (Lipinski definition) is 1. The molecule has 60 heavy (non-hydrogen) atoms. The van der Waals surface area contributed by atoms with Gasteiger partial charge in [0.2, 0.25) is 0 Å². The van der Waals surface area contributed by atoms with Crippen LogP contribution in [0, 0.1) is 0 Å². The van der Waals surface area contributed by atoms with Crippen LogP contribution in [-0.2, 0) is 0 Å². The highest BCUT2D eigenvalue weighted by atomic mass is 15.0. The van der Waals surface area contributed by atoms with E-state index < -0.39 is 0 Å². The third kappa shape index (κ3) is 5.55. The number of hydrogen-bond donors (Lipinski definition) is 0. The van der Waals surface area contributed by atoms with Gasteiger partial charge in [-0.2, -0.15) is 0 Å². The van der Waals surface area contributed by atoms with Crippen molar-refractivity contribution in [3.63, 3.8) is 0 Å². The van der Waals surface area contributed by atoms with Crippen LogP contribution in [0.1, 0.15) is 0 Å². The topological polar surface area (TPSA) is 22.8 Å². The lowest BCUT2D eigenvalue weighted by atomic mass is 9.96. The van der Waals surface area contributed by atoms with E-state index in [1.165, 1.54) is 65.5 Å². The summed E-state index contributed by atoms with van der Waals surface area (Å²) >= 11 is 0. The van der Waals surface area contributed by atoms with Crippen molar-refractivity contribution in [2.24, 2.45) is 0 Å². The third-order valence-electron chi connectivity index (χ3n) is 12.1. The van der Waals surface area contributed by atoms with Crippen molar-refractivity contribution in [3.8, 4) is 56.1 Å². The second kappa shape index (κ2) is 13.8. The summed E-state index contributed by atoms with van der Waals surface area (Å²) < 4.78 is 4.76. The van der Waals surface area contributed by atoms with Crippen LogP contribution in [0.4, 0.5) is 0 Å². The van der Waals surface area contributed by atoms with Crippen LogP contribution in [-0.4, -0.2) is 14.1 Å². The van der Waals surface area contributed by atoms with Crippen molar-refractivity contribution in [3.05, 3.63) is 224 Å². The van der Waals surface area contributed by atoms with Gasteiger partial charge in [-0.25, -0.2) is 4.98 Å². The molecule has 0 saturated heterocycles. The van der Waals surface area contributed by atoms with Gasteiger partial charge >= 0.3 is 0 Å². The molecule has 3 nitrogen and oxygen atoms in total. The SMILES string of the molecule is c1cc(-c2cc(-c3ccc(-c4cccc5ccccc45)cc3)nc(-c3cccc(-n4c5ccccc5c5ccccc54)c3)c2)cc(-n2c3ccccc3c3ccccc32)c1.